The molecule has 2 heterocycles. The van der Waals surface area contributed by atoms with Crippen molar-refractivity contribution < 1.29 is 13.2 Å². The number of aromatic nitrogens is 2. The molecule has 0 aliphatic carbocycles. The second kappa shape index (κ2) is 5.63. The summed E-state index contributed by atoms with van der Waals surface area (Å²) in [5.41, 5.74) is 2.78. The minimum atomic E-state index is -2.98. The van der Waals surface area contributed by atoms with Gasteiger partial charge in [0, 0.05) is 37.5 Å². The van der Waals surface area contributed by atoms with Crippen molar-refractivity contribution in [2.45, 2.75) is 26.3 Å². The SMILES string of the molecule is Cc1nn(C)c(C)c1C=CC(=O)N(C)C1CCS(=O)(=O)C1. The first-order valence-corrected chi connectivity index (χ1v) is 8.69. The van der Waals surface area contributed by atoms with Gasteiger partial charge in [0.1, 0.15) is 0 Å². The van der Waals surface area contributed by atoms with Crippen molar-refractivity contribution in [3.8, 4) is 0 Å². The van der Waals surface area contributed by atoms with Crippen molar-refractivity contribution in [3.05, 3.63) is 23.0 Å². The molecule has 0 N–H and O–H groups in total. The van der Waals surface area contributed by atoms with Crippen LogP contribution in [0, 0.1) is 13.8 Å². The number of hydrogen-bond acceptors (Lipinski definition) is 4. The third-order valence-corrected chi connectivity index (χ3v) is 5.81. The average molecular weight is 311 g/mol. The van der Waals surface area contributed by atoms with Gasteiger partial charge in [0.05, 0.1) is 17.2 Å². The number of carbonyl (C=O) groups excluding carboxylic acids is 1. The molecular weight excluding hydrogens is 290 g/mol. The van der Waals surface area contributed by atoms with Gasteiger partial charge in [-0.3, -0.25) is 9.48 Å². The van der Waals surface area contributed by atoms with Crippen LogP contribution in [0.15, 0.2) is 6.08 Å². The smallest absolute Gasteiger partial charge is 0.246 e. The first-order valence-electron chi connectivity index (χ1n) is 6.87. The van der Waals surface area contributed by atoms with E-state index in [1.807, 2.05) is 20.9 Å². The summed E-state index contributed by atoms with van der Waals surface area (Å²) in [6, 6.07) is -0.219. The topological polar surface area (TPSA) is 72.3 Å². The molecule has 7 heteroatoms. The van der Waals surface area contributed by atoms with Crippen LogP contribution < -0.4 is 0 Å². The molecule has 0 bridgehead atoms. The molecule has 1 fully saturated rings. The molecule has 1 aliphatic rings. The number of sulfone groups is 1. The molecule has 2 rings (SSSR count). The average Bonchev–Trinajstić information content (AvgIpc) is 2.87. The molecule has 1 atom stereocenters. The lowest BCUT2D eigenvalue weighted by Crippen LogP contribution is -2.36. The van der Waals surface area contributed by atoms with Gasteiger partial charge in [0.2, 0.25) is 5.91 Å². The first-order chi connectivity index (χ1) is 9.71. The molecule has 1 aliphatic heterocycles. The molecule has 0 saturated carbocycles. The molecule has 0 aromatic carbocycles. The zero-order chi connectivity index (χ0) is 15.8. The zero-order valence-corrected chi connectivity index (χ0v) is 13.6. The number of hydrogen-bond donors (Lipinski definition) is 0. The first kappa shape index (κ1) is 15.8. The lowest BCUT2D eigenvalue weighted by atomic mass is 10.1. The Kier molecular flexibility index (Phi) is 4.22. The van der Waals surface area contributed by atoms with Crippen molar-refractivity contribution >= 4 is 21.8 Å². The normalized spacial score (nSPS) is 21.0. The standard InChI is InChI=1S/C14H21N3O3S/c1-10-13(11(2)17(4)15-10)5-6-14(18)16(3)12-7-8-21(19,20)9-12/h5-6,12H,7-9H2,1-4H3. The highest BCUT2D eigenvalue weighted by atomic mass is 32.2. The number of aryl methyl sites for hydroxylation is 2. The Morgan fingerprint density at radius 3 is 2.57 bits per heavy atom. The molecule has 1 amide bonds. The van der Waals surface area contributed by atoms with Crippen molar-refractivity contribution in [1.82, 2.24) is 14.7 Å². The second-order valence-electron chi connectivity index (χ2n) is 5.55. The molecule has 1 saturated heterocycles. The van der Waals surface area contributed by atoms with E-state index >= 15 is 0 Å². The summed E-state index contributed by atoms with van der Waals surface area (Å²) < 4.78 is 24.7. The van der Waals surface area contributed by atoms with E-state index in [0.29, 0.717) is 6.42 Å². The Bertz CT molecular complexity index is 689. The second-order valence-corrected chi connectivity index (χ2v) is 7.78. The third kappa shape index (κ3) is 3.34. The summed E-state index contributed by atoms with van der Waals surface area (Å²) in [6.45, 7) is 3.84. The summed E-state index contributed by atoms with van der Waals surface area (Å²) in [7, 11) is 0.530. The van der Waals surface area contributed by atoms with Crippen LogP contribution in [-0.4, -0.2) is 53.6 Å². The van der Waals surface area contributed by atoms with Crippen molar-refractivity contribution in [3.63, 3.8) is 0 Å². The minimum Gasteiger partial charge on any atom is -0.338 e. The predicted molar refractivity (Wildman–Crippen MR) is 81.5 cm³/mol. The van der Waals surface area contributed by atoms with Crippen LogP contribution in [0.3, 0.4) is 0 Å². The summed E-state index contributed by atoms with van der Waals surface area (Å²) in [5.74, 6) is 0.0492. The molecule has 0 radical (unpaired) electrons. The molecule has 0 spiro atoms. The van der Waals surface area contributed by atoms with E-state index < -0.39 is 9.84 Å². The number of rotatable bonds is 3. The highest BCUT2D eigenvalue weighted by Gasteiger charge is 2.32. The van der Waals surface area contributed by atoms with Gasteiger partial charge in [-0.05, 0) is 26.3 Å². The van der Waals surface area contributed by atoms with E-state index in [0.717, 1.165) is 17.0 Å². The fraction of sp³-hybridized carbons (Fsp3) is 0.571. The fourth-order valence-corrected chi connectivity index (χ4v) is 4.34. The maximum Gasteiger partial charge on any atom is 0.246 e. The number of amides is 1. The molecule has 1 unspecified atom stereocenters. The maximum atomic E-state index is 12.2. The van der Waals surface area contributed by atoms with Crippen molar-refractivity contribution in [2.75, 3.05) is 18.6 Å². The van der Waals surface area contributed by atoms with E-state index in [-0.39, 0.29) is 23.5 Å². The van der Waals surface area contributed by atoms with Gasteiger partial charge in [-0.15, -0.1) is 0 Å². The maximum absolute atomic E-state index is 12.2. The Morgan fingerprint density at radius 2 is 2.10 bits per heavy atom. The van der Waals surface area contributed by atoms with E-state index in [1.54, 1.807) is 17.8 Å². The van der Waals surface area contributed by atoms with Gasteiger partial charge in [-0.2, -0.15) is 5.10 Å². The van der Waals surface area contributed by atoms with E-state index in [4.69, 9.17) is 0 Å². The number of nitrogens with zero attached hydrogens (tertiary/aromatic N) is 3. The summed E-state index contributed by atoms with van der Waals surface area (Å²) in [6.07, 6.45) is 3.76. The lowest BCUT2D eigenvalue weighted by molar-refractivity contribution is -0.126. The van der Waals surface area contributed by atoms with Crippen LogP contribution in [0.1, 0.15) is 23.4 Å². The highest BCUT2D eigenvalue weighted by molar-refractivity contribution is 7.91. The van der Waals surface area contributed by atoms with Crippen LogP contribution in [0.4, 0.5) is 0 Å². The minimum absolute atomic E-state index is 0.0635. The van der Waals surface area contributed by atoms with Gasteiger partial charge in [-0.25, -0.2) is 8.42 Å². The van der Waals surface area contributed by atoms with Crippen LogP contribution >= 0.6 is 0 Å². The van der Waals surface area contributed by atoms with Crippen LogP contribution in [0.5, 0.6) is 0 Å². The molecule has 1 aromatic heterocycles. The number of carbonyl (C=O) groups is 1. The van der Waals surface area contributed by atoms with Gasteiger partial charge in [-0.1, -0.05) is 0 Å². The largest absolute Gasteiger partial charge is 0.338 e. The zero-order valence-electron chi connectivity index (χ0n) is 12.8. The summed E-state index contributed by atoms with van der Waals surface area (Å²) >= 11 is 0. The van der Waals surface area contributed by atoms with Gasteiger partial charge < -0.3 is 4.90 Å². The molecular formula is C14H21N3O3S. The third-order valence-electron chi connectivity index (χ3n) is 4.06. The Morgan fingerprint density at radius 1 is 1.43 bits per heavy atom. The van der Waals surface area contributed by atoms with Crippen LogP contribution in [0.25, 0.3) is 6.08 Å². The lowest BCUT2D eigenvalue weighted by Gasteiger charge is -2.21. The van der Waals surface area contributed by atoms with Crippen LogP contribution in [-0.2, 0) is 21.7 Å². The highest BCUT2D eigenvalue weighted by Crippen LogP contribution is 2.18. The molecule has 116 valence electrons. The molecule has 21 heavy (non-hydrogen) atoms. The Balaban J connectivity index is 2.09. The molecule has 1 aromatic rings. The van der Waals surface area contributed by atoms with Gasteiger partial charge >= 0.3 is 0 Å². The van der Waals surface area contributed by atoms with E-state index in [1.165, 1.54) is 11.0 Å². The fourth-order valence-electron chi connectivity index (χ4n) is 2.56. The van der Waals surface area contributed by atoms with E-state index in [9.17, 15) is 13.2 Å². The summed E-state index contributed by atoms with van der Waals surface area (Å²) in [5, 5.41) is 4.29. The molecule has 6 nitrogen and oxygen atoms in total. The van der Waals surface area contributed by atoms with Crippen molar-refractivity contribution in [2.24, 2.45) is 7.05 Å². The Labute approximate surface area is 125 Å². The Hall–Kier alpha value is -1.63. The van der Waals surface area contributed by atoms with Gasteiger partial charge in [0.25, 0.3) is 0 Å². The quantitative estimate of drug-likeness (QED) is 0.770. The van der Waals surface area contributed by atoms with E-state index in [2.05, 4.69) is 5.10 Å². The monoisotopic (exact) mass is 311 g/mol. The van der Waals surface area contributed by atoms with Gasteiger partial charge in [0.15, 0.2) is 9.84 Å². The predicted octanol–water partition coefficient (Wildman–Crippen LogP) is 0.696. The summed E-state index contributed by atoms with van der Waals surface area (Å²) in [4.78, 5) is 13.7. The number of likely N-dealkylation sites (N-methyl/N-ethyl adjacent to an activating group) is 1. The van der Waals surface area contributed by atoms with Crippen molar-refractivity contribution in [1.29, 1.82) is 0 Å². The van der Waals surface area contributed by atoms with Crippen LogP contribution in [0.2, 0.25) is 0 Å².